The van der Waals surface area contributed by atoms with Crippen LogP contribution in [0.4, 0.5) is 17.3 Å². The molecule has 3 aliphatic rings. The summed E-state index contributed by atoms with van der Waals surface area (Å²) in [4.78, 5) is 18.5. The molecule has 7 rings (SSSR count). The van der Waals surface area contributed by atoms with Gasteiger partial charge in [-0.15, -0.1) is 0 Å². The Bertz CT molecular complexity index is 1920. The first kappa shape index (κ1) is 33.2. The van der Waals surface area contributed by atoms with Gasteiger partial charge in [0.05, 0.1) is 40.6 Å². The maximum Gasteiger partial charge on any atom is 0.256 e. The summed E-state index contributed by atoms with van der Waals surface area (Å²) in [5.74, 6) is 8.58. The number of pyridine rings is 1. The number of benzene rings is 1. The molecule has 49 heavy (non-hydrogen) atoms. The lowest BCUT2D eigenvalue weighted by molar-refractivity contribution is 0.111. The van der Waals surface area contributed by atoms with E-state index in [1.54, 1.807) is 18.5 Å². The zero-order chi connectivity index (χ0) is 33.8. The van der Waals surface area contributed by atoms with Crippen molar-refractivity contribution in [2.75, 3.05) is 50.4 Å². The van der Waals surface area contributed by atoms with Gasteiger partial charge in [-0.05, 0) is 75.3 Å². The van der Waals surface area contributed by atoms with Gasteiger partial charge in [-0.25, -0.2) is 23.4 Å². The van der Waals surface area contributed by atoms with Crippen LogP contribution in [-0.2, 0) is 16.6 Å². The van der Waals surface area contributed by atoms with Crippen LogP contribution >= 0.6 is 0 Å². The molecule has 13 heteroatoms. The quantitative estimate of drug-likeness (QED) is 0.210. The van der Waals surface area contributed by atoms with Gasteiger partial charge in [0.15, 0.2) is 5.82 Å². The van der Waals surface area contributed by atoms with Gasteiger partial charge in [-0.1, -0.05) is 24.0 Å². The van der Waals surface area contributed by atoms with E-state index < -0.39 is 10.0 Å². The van der Waals surface area contributed by atoms with Crippen molar-refractivity contribution in [2.24, 2.45) is 5.92 Å². The predicted molar refractivity (Wildman–Crippen MR) is 190 cm³/mol. The molecule has 0 spiro atoms. The number of anilines is 3. The topological polar surface area (TPSA) is 141 Å². The smallest absolute Gasteiger partial charge is 0.256 e. The molecule has 12 nitrogen and oxygen atoms in total. The summed E-state index contributed by atoms with van der Waals surface area (Å²) < 4.78 is 26.2. The molecule has 3 fully saturated rings. The van der Waals surface area contributed by atoms with Crippen molar-refractivity contribution in [1.82, 2.24) is 33.9 Å². The van der Waals surface area contributed by atoms with Crippen molar-refractivity contribution >= 4 is 27.3 Å². The first-order chi connectivity index (χ1) is 23.8. The average molecular weight is 682 g/mol. The van der Waals surface area contributed by atoms with Crippen molar-refractivity contribution in [3.05, 3.63) is 77.9 Å². The second-order valence-electron chi connectivity index (χ2n) is 13.4. The predicted octanol–water partition coefficient (Wildman–Crippen LogP) is 3.93. The summed E-state index contributed by atoms with van der Waals surface area (Å²) in [5, 5.41) is 20.6. The van der Waals surface area contributed by atoms with Crippen molar-refractivity contribution in [1.29, 1.82) is 0 Å². The lowest BCUT2D eigenvalue weighted by atomic mass is 9.87. The van der Waals surface area contributed by atoms with E-state index in [4.69, 9.17) is 0 Å². The molecule has 0 atom stereocenters. The molecule has 2 saturated carbocycles. The molecule has 0 bridgehead atoms. The van der Waals surface area contributed by atoms with Gasteiger partial charge < -0.3 is 20.6 Å². The fourth-order valence-corrected chi connectivity index (χ4v) is 7.72. The van der Waals surface area contributed by atoms with Crippen LogP contribution in [0.1, 0.15) is 55.2 Å². The lowest BCUT2D eigenvalue weighted by Crippen LogP contribution is -2.43. The highest BCUT2D eigenvalue weighted by Crippen LogP contribution is 2.31. The fourth-order valence-electron chi connectivity index (χ4n) is 6.25. The van der Waals surface area contributed by atoms with Crippen LogP contribution in [0.15, 0.2) is 61.2 Å². The molecule has 2 aliphatic carbocycles. The molecule has 4 aromatic rings. The summed E-state index contributed by atoms with van der Waals surface area (Å²) in [6, 6.07) is 12.2. The van der Waals surface area contributed by atoms with Crippen LogP contribution < -0.4 is 10.6 Å². The Labute approximate surface area is 288 Å². The summed E-state index contributed by atoms with van der Waals surface area (Å²) in [6.07, 6.45) is 11.1. The van der Waals surface area contributed by atoms with E-state index in [9.17, 15) is 13.5 Å². The van der Waals surface area contributed by atoms with Crippen LogP contribution in [0.3, 0.4) is 0 Å². The maximum absolute atomic E-state index is 12.6. The zero-order valence-electron chi connectivity index (χ0n) is 27.8. The normalized spacial score (nSPS) is 20.4. The minimum absolute atomic E-state index is 0.197. The minimum Gasteiger partial charge on any atom is -0.393 e. The Morgan fingerprint density at radius 2 is 1.69 bits per heavy atom. The van der Waals surface area contributed by atoms with Gasteiger partial charge in [0.25, 0.3) is 10.0 Å². The Morgan fingerprint density at radius 3 is 2.45 bits per heavy atom. The first-order valence-corrected chi connectivity index (χ1v) is 18.6. The van der Waals surface area contributed by atoms with Gasteiger partial charge in [0.2, 0.25) is 0 Å². The second kappa shape index (κ2) is 14.6. The number of hydrogen-bond donors (Lipinski definition) is 3. The minimum atomic E-state index is -3.48. The third-order valence-electron chi connectivity index (χ3n) is 9.54. The molecule has 4 heterocycles. The summed E-state index contributed by atoms with van der Waals surface area (Å²) >= 11 is 0. The third-order valence-corrected chi connectivity index (χ3v) is 11.6. The van der Waals surface area contributed by atoms with Crippen molar-refractivity contribution in [3.63, 3.8) is 0 Å². The number of aliphatic hydroxyl groups is 1. The van der Waals surface area contributed by atoms with Crippen LogP contribution in [0.25, 0.3) is 11.4 Å². The monoisotopic (exact) mass is 681 g/mol. The summed E-state index contributed by atoms with van der Waals surface area (Å²) in [5.41, 5.74) is 4.40. The highest BCUT2D eigenvalue weighted by Gasteiger charge is 2.37. The number of aliphatic hydroxyl groups excluding tert-OH is 1. The number of piperazine rings is 1. The van der Waals surface area contributed by atoms with Crippen molar-refractivity contribution in [3.8, 4) is 23.2 Å². The van der Waals surface area contributed by atoms with E-state index in [1.807, 2.05) is 6.07 Å². The number of nitrogens with one attached hydrogen (secondary N) is 2. The Kier molecular flexibility index (Phi) is 9.91. The van der Waals surface area contributed by atoms with Gasteiger partial charge in [-0.2, -0.15) is 9.19 Å². The molecular formula is C36H43N9O3S. The number of likely N-dealkylation sites (N-methyl/N-ethyl adjacent to an activating group) is 1. The third kappa shape index (κ3) is 8.45. The molecule has 3 aromatic heterocycles. The molecule has 1 aliphatic heterocycles. The standard InChI is InChI=1S/C36H43N9O3S/c1-43-16-18-44(19-17-43)24-28-4-2-26(3-5-28)6-9-29-22-39-35(20-33(29)38-21-27-7-10-31(46)11-8-27)41-34-14-15-37-36(42-34)30-23-40-45(25-30)49(47,48)32-12-13-32/h2-5,14-15,20,22-23,25,27,31-32,46H,7-8,10-13,16-19,21,24H2,1H3,(H2,37,38,39,41,42)/t27-,31-. The van der Waals surface area contributed by atoms with Gasteiger partial charge in [0, 0.05) is 63.3 Å². The second-order valence-corrected chi connectivity index (χ2v) is 15.5. The molecule has 3 N–H and O–H groups in total. The number of nitrogens with zero attached hydrogens (tertiary/aromatic N) is 7. The molecule has 0 radical (unpaired) electrons. The van der Waals surface area contributed by atoms with Crippen LogP contribution in [0, 0.1) is 17.8 Å². The highest BCUT2D eigenvalue weighted by atomic mass is 32.2. The molecule has 0 unspecified atom stereocenters. The number of hydrogen-bond acceptors (Lipinski definition) is 11. The van der Waals surface area contributed by atoms with E-state index in [0.717, 1.165) is 85.9 Å². The van der Waals surface area contributed by atoms with E-state index in [0.29, 0.717) is 41.8 Å². The van der Waals surface area contributed by atoms with E-state index in [1.165, 1.54) is 18.0 Å². The van der Waals surface area contributed by atoms with Gasteiger partial charge >= 0.3 is 0 Å². The maximum atomic E-state index is 12.6. The number of aromatic nitrogens is 5. The molecule has 1 saturated heterocycles. The average Bonchev–Trinajstić information content (AvgIpc) is 3.86. The van der Waals surface area contributed by atoms with Crippen molar-refractivity contribution < 1.29 is 13.5 Å². The first-order valence-electron chi connectivity index (χ1n) is 17.1. The van der Waals surface area contributed by atoms with Crippen molar-refractivity contribution in [2.45, 2.75) is 56.4 Å². The van der Waals surface area contributed by atoms with E-state index >= 15 is 0 Å². The summed E-state index contributed by atoms with van der Waals surface area (Å²) in [6.45, 7) is 6.11. The van der Waals surface area contributed by atoms with Crippen LogP contribution in [0.2, 0.25) is 0 Å². The van der Waals surface area contributed by atoms with Gasteiger partial charge in [0.1, 0.15) is 11.6 Å². The highest BCUT2D eigenvalue weighted by molar-refractivity contribution is 7.90. The Balaban J connectivity index is 1.07. The summed E-state index contributed by atoms with van der Waals surface area (Å²) in [7, 11) is -1.30. The van der Waals surface area contributed by atoms with E-state index in [2.05, 4.69) is 83.6 Å². The largest absolute Gasteiger partial charge is 0.393 e. The van der Waals surface area contributed by atoms with E-state index in [-0.39, 0.29) is 11.4 Å². The Morgan fingerprint density at radius 1 is 0.918 bits per heavy atom. The fraction of sp³-hybridized carbons (Fsp3) is 0.444. The van der Waals surface area contributed by atoms with Crippen LogP contribution in [0.5, 0.6) is 0 Å². The molecule has 0 amide bonds. The molecule has 256 valence electrons. The zero-order valence-corrected chi connectivity index (χ0v) is 28.6. The Hall–Kier alpha value is -4.35. The SMILES string of the molecule is CN1CCN(Cc2ccc(C#Cc3cnc(Nc4ccnc(-c5cnn(S(=O)(=O)C6CC6)c5)n4)cc3NC[C@H]3CC[C@H](O)CC3)cc2)CC1. The lowest BCUT2D eigenvalue weighted by Gasteiger charge is -2.32. The molecule has 1 aromatic carbocycles. The molecular weight excluding hydrogens is 639 g/mol. The van der Waals surface area contributed by atoms with Crippen LogP contribution in [-0.4, -0.2) is 98.6 Å². The van der Waals surface area contributed by atoms with Gasteiger partial charge in [-0.3, -0.25) is 4.90 Å². The number of rotatable bonds is 10.